The first-order valence-corrected chi connectivity index (χ1v) is 6.68. The molecule has 2 nitrogen and oxygen atoms in total. The van der Waals surface area contributed by atoms with Crippen LogP contribution in [0.5, 0.6) is 5.75 Å². The highest BCUT2D eigenvalue weighted by atomic mass is 19.1. The fourth-order valence-corrected chi connectivity index (χ4v) is 2.10. The summed E-state index contributed by atoms with van der Waals surface area (Å²) in [5.41, 5.74) is 7.77. The van der Waals surface area contributed by atoms with E-state index in [1.807, 2.05) is 53.7 Å². The zero-order valence-corrected chi connectivity index (χ0v) is 12.8. The minimum Gasteiger partial charge on any atom is -0.507 e. The molecule has 0 unspecified atom stereocenters. The Kier molecular flexibility index (Phi) is 4.30. The second kappa shape index (κ2) is 5.12. The van der Waals surface area contributed by atoms with Crippen LogP contribution in [-0.2, 0) is 10.8 Å². The summed E-state index contributed by atoms with van der Waals surface area (Å²) in [6, 6.07) is 3.02. The summed E-state index contributed by atoms with van der Waals surface area (Å²) in [6.07, 6.45) is 0. The molecule has 0 radical (unpaired) electrons. The van der Waals surface area contributed by atoms with Gasteiger partial charge in [-0.1, -0.05) is 41.5 Å². The third kappa shape index (κ3) is 3.47. The summed E-state index contributed by atoms with van der Waals surface area (Å²) in [7, 11) is 0. The molecule has 1 rings (SSSR count). The van der Waals surface area contributed by atoms with Gasteiger partial charge in [-0.2, -0.15) is 0 Å². The zero-order chi connectivity index (χ0) is 15.0. The predicted octanol–water partition coefficient (Wildman–Crippen LogP) is 3.96. The molecule has 3 N–H and O–H groups in total. The minimum absolute atomic E-state index is 0.212. The van der Waals surface area contributed by atoms with Gasteiger partial charge in [-0.25, -0.2) is 4.39 Å². The number of halogens is 1. The van der Waals surface area contributed by atoms with E-state index in [0.717, 1.165) is 16.7 Å². The molecular formula is C16H26FNO. The largest absolute Gasteiger partial charge is 0.507 e. The summed E-state index contributed by atoms with van der Waals surface area (Å²) in [4.78, 5) is 0. The van der Waals surface area contributed by atoms with Crippen LogP contribution in [0.1, 0.15) is 64.3 Å². The van der Waals surface area contributed by atoms with Gasteiger partial charge in [0.25, 0.3) is 0 Å². The van der Waals surface area contributed by atoms with Crippen LogP contribution in [0, 0.1) is 0 Å². The zero-order valence-electron chi connectivity index (χ0n) is 12.8. The van der Waals surface area contributed by atoms with Crippen molar-refractivity contribution in [3.05, 3.63) is 28.8 Å². The average molecular weight is 267 g/mol. The van der Waals surface area contributed by atoms with Crippen molar-refractivity contribution in [2.75, 3.05) is 6.67 Å². The molecule has 1 aromatic rings. The van der Waals surface area contributed by atoms with E-state index in [1.165, 1.54) is 0 Å². The Morgan fingerprint density at radius 1 is 1.05 bits per heavy atom. The van der Waals surface area contributed by atoms with Crippen molar-refractivity contribution in [2.45, 2.75) is 58.4 Å². The van der Waals surface area contributed by atoms with Crippen molar-refractivity contribution >= 4 is 0 Å². The molecule has 1 aromatic carbocycles. The molecule has 0 saturated carbocycles. The van der Waals surface area contributed by atoms with E-state index in [-0.39, 0.29) is 10.8 Å². The smallest absolute Gasteiger partial charge is 0.123 e. The van der Waals surface area contributed by atoms with Gasteiger partial charge in [0.1, 0.15) is 12.4 Å². The van der Waals surface area contributed by atoms with Gasteiger partial charge in [-0.3, -0.25) is 0 Å². The Labute approximate surface area is 115 Å². The topological polar surface area (TPSA) is 46.2 Å². The summed E-state index contributed by atoms with van der Waals surface area (Å²) < 4.78 is 12.8. The van der Waals surface area contributed by atoms with Crippen molar-refractivity contribution in [2.24, 2.45) is 5.73 Å². The van der Waals surface area contributed by atoms with Crippen LogP contribution < -0.4 is 5.73 Å². The second-order valence-corrected chi connectivity index (χ2v) is 7.23. The maximum Gasteiger partial charge on any atom is 0.123 e. The maximum atomic E-state index is 12.8. The molecule has 0 aliphatic rings. The SMILES string of the molecule is CC(C)(C)c1cc([C@H](N)CF)cc(C(C)(C)C)c1O. The molecule has 0 saturated heterocycles. The van der Waals surface area contributed by atoms with Crippen LogP contribution >= 0.6 is 0 Å². The monoisotopic (exact) mass is 267 g/mol. The van der Waals surface area contributed by atoms with Gasteiger partial charge in [-0.05, 0) is 39.7 Å². The van der Waals surface area contributed by atoms with E-state index in [1.54, 1.807) is 0 Å². The second-order valence-electron chi connectivity index (χ2n) is 7.23. The molecule has 19 heavy (non-hydrogen) atoms. The number of hydrogen-bond acceptors (Lipinski definition) is 2. The summed E-state index contributed by atoms with van der Waals surface area (Å²) in [5, 5.41) is 10.5. The lowest BCUT2D eigenvalue weighted by atomic mass is 9.78. The summed E-state index contributed by atoms with van der Waals surface area (Å²) >= 11 is 0. The number of nitrogens with two attached hydrogens (primary N) is 1. The van der Waals surface area contributed by atoms with Crippen LogP contribution in [0.3, 0.4) is 0 Å². The first-order chi connectivity index (χ1) is 8.48. The van der Waals surface area contributed by atoms with Crippen molar-refractivity contribution in [1.29, 1.82) is 0 Å². The van der Waals surface area contributed by atoms with Gasteiger partial charge in [0.05, 0.1) is 6.04 Å². The number of alkyl halides is 1. The normalized spacial score (nSPS) is 14.5. The van der Waals surface area contributed by atoms with E-state index in [4.69, 9.17) is 5.73 Å². The molecule has 0 bridgehead atoms. The van der Waals surface area contributed by atoms with Gasteiger partial charge in [-0.15, -0.1) is 0 Å². The number of rotatable bonds is 2. The van der Waals surface area contributed by atoms with E-state index >= 15 is 0 Å². The molecule has 0 spiro atoms. The molecule has 0 fully saturated rings. The van der Waals surface area contributed by atoms with Gasteiger partial charge >= 0.3 is 0 Å². The Hall–Kier alpha value is -1.09. The van der Waals surface area contributed by atoms with Crippen molar-refractivity contribution < 1.29 is 9.50 Å². The molecule has 0 amide bonds. The van der Waals surface area contributed by atoms with Crippen LogP contribution in [-0.4, -0.2) is 11.8 Å². The van der Waals surface area contributed by atoms with E-state index in [2.05, 4.69) is 0 Å². The van der Waals surface area contributed by atoms with Gasteiger partial charge in [0, 0.05) is 0 Å². The first-order valence-electron chi connectivity index (χ1n) is 6.68. The Balaban J connectivity index is 3.57. The van der Waals surface area contributed by atoms with Crippen molar-refractivity contribution in [1.82, 2.24) is 0 Å². The van der Waals surface area contributed by atoms with Crippen molar-refractivity contribution in [3.63, 3.8) is 0 Å². The molecule has 1 atom stereocenters. The highest BCUT2D eigenvalue weighted by molar-refractivity contribution is 5.50. The first kappa shape index (κ1) is 16.0. The lowest BCUT2D eigenvalue weighted by molar-refractivity contribution is 0.415. The van der Waals surface area contributed by atoms with Crippen LogP contribution in [0.25, 0.3) is 0 Å². The number of hydrogen-bond donors (Lipinski definition) is 2. The van der Waals surface area contributed by atoms with Crippen molar-refractivity contribution in [3.8, 4) is 5.75 Å². The number of benzene rings is 1. The Bertz CT molecular complexity index is 420. The lowest BCUT2D eigenvalue weighted by Crippen LogP contribution is -2.20. The Morgan fingerprint density at radius 2 is 1.42 bits per heavy atom. The van der Waals surface area contributed by atoms with E-state index < -0.39 is 12.7 Å². The molecule has 3 heteroatoms. The quantitative estimate of drug-likeness (QED) is 0.852. The molecule has 108 valence electrons. The molecule has 0 heterocycles. The lowest BCUT2D eigenvalue weighted by Gasteiger charge is -2.29. The van der Waals surface area contributed by atoms with Gasteiger partial charge in [0.15, 0.2) is 0 Å². The number of phenols is 1. The van der Waals surface area contributed by atoms with E-state index in [0.29, 0.717) is 5.75 Å². The molecule has 0 aliphatic carbocycles. The molecule has 0 aliphatic heterocycles. The summed E-state index contributed by atoms with van der Waals surface area (Å²) in [6.45, 7) is 11.6. The fraction of sp³-hybridized carbons (Fsp3) is 0.625. The van der Waals surface area contributed by atoms with Crippen LogP contribution in [0.15, 0.2) is 12.1 Å². The van der Waals surface area contributed by atoms with E-state index in [9.17, 15) is 9.50 Å². The highest BCUT2D eigenvalue weighted by Crippen LogP contribution is 2.40. The highest BCUT2D eigenvalue weighted by Gasteiger charge is 2.27. The van der Waals surface area contributed by atoms with Crippen LogP contribution in [0.4, 0.5) is 4.39 Å². The predicted molar refractivity (Wildman–Crippen MR) is 78.4 cm³/mol. The third-order valence-corrected chi connectivity index (χ3v) is 3.34. The number of phenolic OH excluding ortho intramolecular Hbond substituents is 1. The average Bonchev–Trinajstić information content (AvgIpc) is 2.25. The molecular weight excluding hydrogens is 241 g/mol. The third-order valence-electron chi connectivity index (χ3n) is 3.34. The van der Waals surface area contributed by atoms with Gasteiger partial charge < -0.3 is 10.8 Å². The van der Waals surface area contributed by atoms with Crippen LogP contribution in [0.2, 0.25) is 0 Å². The maximum absolute atomic E-state index is 12.8. The Morgan fingerprint density at radius 3 is 1.68 bits per heavy atom. The number of aromatic hydroxyl groups is 1. The fourth-order valence-electron chi connectivity index (χ4n) is 2.10. The summed E-state index contributed by atoms with van der Waals surface area (Å²) in [5.74, 6) is 0.301. The molecule has 0 aromatic heterocycles. The minimum atomic E-state index is -0.636. The standard InChI is InChI=1S/C16H26FNO/c1-15(2,3)11-7-10(13(18)9-17)8-12(14(11)19)16(4,5)6/h7-8,13,19H,9,18H2,1-6H3/t13-/m1/s1. The van der Waals surface area contributed by atoms with Gasteiger partial charge in [0.2, 0.25) is 0 Å².